The summed E-state index contributed by atoms with van der Waals surface area (Å²) in [6.07, 6.45) is 0. The standard InChI is InChI=1S/C17H16N4O4S/c1-9(11-3-4-13-14(5-11)25-8-24-13)19-15(22)7-26-16-12(6-18)10(2)20-17(23)21-16/h3-5,9H,7-8H2,1-2H3,(H,19,22)(H,20,21,23). The van der Waals surface area contributed by atoms with Crippen molar-refractivity contribution in [2.75, 3.05) is 12.5 Å². The van der Waals surface area contributed by atoms with Crippen LogP contribution in [0.25, 0.3) is 0 Å². The van der Waals surface area contributed by atoms with Gasteiger partial charge in [0.15, 0.2) is 11.5 Å². The first-order valence-corrected chi connectivity index (χ1v) is 8.79. The lowest BCUT2D eigenvalue weighted by Crippen LogP contribution is -2.28. The van der Waals surface area contributed by atoms with Gasteiger partial charge in [-0.05, 0) is 31.5 Å². The molecule has 1 aromatic carbocycles. The Balaban J connectivity index is 1.63. The fraction of sp³-hybridized carbons (Fsp3) is 0.294. The summed E-state index contributed by atoms with van der Waals surface area (Å²) >= 11 is 1.06. The number of aromatic amines is 1. The van der Waals surface area contributed by atoms with Gasteiger partial charge in [-0.25, -0.2) is 4.79 Å². The third kappa shape index (κ3) is 3.81. The second kappa shape index (κ2) is 7.49. The lowest BCUT2D eigenvalue weighted by Gasteiger charge is -2.14. The summed E-state index contributed by atoms with van der Waals surface area (Å²) in [4.78, 5) is 29.9. The molecule has 0 radical (unpaired) electrons. The molecule has 0 saturated carbocycles. The molecule has 2 aromatic rings. The Hall–Kier alpha value is -2.99. The fourth-order valence-corrected chi connectivity index (χ4v) is 3.32. The van der Waals surface area contributed by atoms with Gasteiger partial charge in [0.05, 0.1) is 11.8 Å². The van der Waals surface area contributed by atoms with Crippen LogP contribution in [0.2, 0.25) is 0 Å². The molecule has 1 aromatic heterocycles. The van der Waals surface area contributed by atoms with Gasteiger partial charge in [-0.3, -0.25) is 4.79 Å². The van der Waals surface area contributed by atoms with Gasteiger partial charge in [-0.2, -0.15) is 10.2 Å². The molecule has 3 rings (SSSR count). The number of amides is 1. The van der Waals surface area contributed by atoms with E-state index >= 15 is 0 Å². The maximum atomic E-state index is 12.2. The van der Waals surface area contributed by atoms with Crippen molar-refractivity contribution in [3.8, 4) is 17.6 Å². The maximum Gasteiger partial charge on any atom is 0.346 e. The first kappa shape index (κ1) is 17.8. The van der Waals surface area contributed by atoms with E-state index in [1.165, 1.54) is 0 Å². The third-order valence-corrected chi connectivity index (χ3v) is 4.79. The highest BCUT2D eigenvalue weighted by Gasteiger charge is 2.18. The first-order chi connectivity index (χ1) is 12.5. The SMILES string of the molecule is Cc1[nH]c(=O)nc(SCC(=O)NC(C)c2ccc3c(c2)OCO3)c1C#N. The average molecular weight is 372 g/mol. The topological polar surface area (TPSA) is 117 Å². The van der Waals surface area contributed by atoms with Crippen LogP contribution in [0.5, 0.6) is 11.5 Å². The van der Waals surface area contributed by atoms with E-state index in [1.807, 2.05) is 25.1 Å². The largest absolute Gasteiger partial charge is 0.454 e. The number of ether oxygens (including phenoxy) is 2. The molecule has 0 fully saturated rings. The number of thioether (sulfide) groups is 1. The number of hydrogen-bond acceptors (Lipinski definition) is 7. The van der Waals surface area contributed by atoms with Crippen molar-refractivity contribution in [2.24, 2.45) is 0 Å². The minimum absolute atomic E-state index is 0.0411. The van der Waals surface area contributed by atoms with Gasteiger partial charge < -0.3 is 19.8 Å². The van der Waals surface area contributed by atoms with Crippen molar-refractivity contribution < 1.29 is 14.3 Å². The zero-order valence-corrected chi connectivity index (χ0v) is 15.0. The number of carbonyl (C=O) groups excluding carboxylic acids is 1. The average Bonchev–Trinajstić information content (AvgIpc) is 3.07. The van der Waals surface area contributed by atoms with Crippen molar-refractivity contribution in [1.29, 1.82) is 5.26 Å². The van der Waals surface area contributed by atoms with Gasteiger partial charge >= 0.3 is 5.69 Å². The van der Waals surface area contributed by atoms with E-state index in [9.17, 15) is 14.9 Å². The van der Waals surface area contributed by atoms with E-state index in [1.54, 1.807) is 13.0 Å². The summed E-state index contributed by atoms with van der Waals surface area (Å²) in [5.74, 6) is 1.14. The molecular formula is C17H16N4O4S. The normalized spacial score (nSPS) is 13.1. The second-order valence-corrected chi connectivity index (χ2v) is 6.61. The van der Waals surface area contributed by atoms with Crippen molar-refractivity contribution in [2.45, 2.75) is 24.9 Å². The Kier molecular flexibility index (Phi) is 5.14. The van der Waals surface area contributed by atoms with Crippen molar-refractivity contribution in [3.63, 3.8) is 0 Å². The Morgan fingerprint density at radius 1 is 1.46 bits per heavy atom. The summed E-state index contributed by atoms with van der Waals surface area (Å²) in [7, 11) is 0. The molecule has 9 heteroatoms. The molecule has 1 unspecified atom stereocenters. The molecule has 1 aliphatic rings. The summed E-state index contributed by atoms with van der Waals surface area (Å²) in [6.45, 7) is 3.67. The zero-order valence-electron chi connectivity index (χ0n) is 14.2. The lowest BCUT2D eigenvalue weighted by molar-refractivity contribution is -0.119. The number of benzene rings is 1. The van der Waals surface area contributed by atoms with E-state index in [0.717, 1.165) is 17.3 Å². The summed E-state index contributed by atoms with van der Waals surface area (Å²) < 4.78 is 10.6. The van der Waals surface area contributed by atoms with Crippen LogP contribution in [0.3, 0.4) is 0 Å². The zero-order chi connectivity index (χ0) is 18.7. The third-order valence-electron chi connectivity index (χ3n) is 3.81. The molecule has 0 bridgehead atoms. The maximum absolute atomic E-state index is 12.2. The monoisotopic (exact) mass is 372 g/mol. The smallest absolute Gasteiger partial charge is 0.346 e. The molecule has 134 valence electrons. The van der Waals surface area contributed by atoms with Crippen LogP contribution in [0, 0.1) is 18.3 Å². The van der Waals surface area contributed by atoms with Crippen LogP contribution in [0.15, 0.2) is 28.0 Å². The van der Waals surface area contributed by atoms with E-state index < -0.39 is 5.69 Å². The number of hydrogen-bond donors (Lipinski definition) is 2. The number of fused-ring (bicyclic) bond motifs is 1. The van der Waals surface area contributed by atoms with Crippen molar-refractivity contribution in [1.82, 2.24) is 15.3 Å². The quantitative estimate of drug-likeness (QED) is 0.605. The Morgan fingerprint density at radius 3 is 3.00 bits per heavy atom. The highest BCUT2D eigenvalue weighted by Crippen LogP contribution is 2.34. The van der Waals surface area contributed by atoms with Crippen LogP contribution in [0.4, 0.5) is 0 Å². The molecule has 8 nitrogen and oxygen atoms in total. The van der Waals surface area contributed by atoms with Gasteiger partial charge in [0.25, 0.3) is 0 Å². The van der Waals surface area contributed by atoms with Gasteiger partial charge in [-0.15, -0.1) is 0 Å². The van der Waals surface area contributed by atoms with Crippen molar-refractivity contribution >= 4 is 17.7 Å². The number of H-pyrrole nitrogens is 1. The molecule has 2 heterocycles. The molecule has 1 aliphatic heterocycles. The number of carbonyl (C=O) groups is 1. The number of nitrogens with zero attached hydrogens (tertiary/aromatic N) is 2. The molecule has 26 heavy (non-hydrogen) atoms. The van der Waals surface area contributed by atoms with E-state index in [4.69, 9.17) is 9.47 Å². The molecule has 0 spiro atoms. The second-order valence-electron chi connectivity index (χ2n) is 5.65. The number of aryl methyl sites for hydroxylation is 1. The Bertz CT molecular complexity index is 951. The minimum atomic E-state index is -0.543. The molecule has 0 saturated heterocycles. The molecule has 1 atom stereocenters. The minimum Gasteiger partial charge on any atom is -0.454 e. The Morgan fingerprint density at radius 2 is 2.23 bits per heavy atom. The number of aromatic nitrogens is 2. The summed E-state index contributed by atoms with van der Waals surface area (Å²) in [5.41, 5.74) is 1.05. The van der Waals surface area contributed by atoms with Gasteiger partial charge in [0.1, 0.15) is 16.7 Å². The molecular weight excluding hydrogens is 356 g/mol. The van der Waals surface area contributed by atoms with Gasteiger partial charge in [0.2, 0.25) is 12.7 Å². The highest BCUT2D eigenvalue weighted by atomic mass is 32.2. The van der Waals surface area contributed by atoms with Gasteiger partial charge in [-0.1, -0.05) is 17.8 Å². The van der Waals surface area contributed by atoms with E-state index in [2.05, 4.69) is 15.3 Å². The van der Waals surface area contributed by atoms with Gasteiger partial charge in [0, 0.05) is 5.69 Å². The van der Waals surface area contributed by atoms with Crippen LogP contribution in [0.1, 0.15) is 29.8 Å². The predicted octanol–water partition coefficient (Wildman–Crippen LogP) is 1.65. The molecule has 0 aliphatic carbocycles. The number of nitrogens with one attached hydrogen (secondary N) is 2. The Labute approximate surface area is 153 Å². The van der Waals surface area contributed by atoms with Crippen molar-refractivity contribution in [3.05, 3.63) is 45.5 Å². The van der Waals surface area contributed by atoms with Crippen LogP contribution in [-0.2, 0) is 4.79 Å². The highest BCUT2D eigenvalue weighted by molar-refractivity contribution is 8.00. The predicted molar refractivity (Wildman–Crippen MR) is 94.2 cm³/mol. The fourth-order valence-electron chi connectivity index (χ4n) is 2.48. The van der Waals surface area contributed by atoms with Crippen LogP contribution < -0.4 is 20.5 Å². The van der Waals surface area contributed by atoms with E-state index in [-0.39, 0.29) is 35.1 Å². The molecule has 2 N–H and O–H groups in total. The summed E-state index contributed by atoms with van der Waals surface area (Å²) in [5, 5.41) is 12.3. The molecule has 1 amide bonds. The first-order valence-electron chi connectivity index (χ1n) is 7.80. The number of nitriles is 1. The summed E-state index contributed by atoms with van der Waals surface area (Å²) in [6, 6.07) is 7.25. The van der Waals surface area contributed by atoms with Crippen LogP contribution in [-0.4, -0.2) is 28.4 Å². The number of rotatable bonds is 5. The van der Waals surface area contributed by atoms with Crippen LogP contribution >= 0.6 is 11.8 Å². The lowest BCUT2D eigenvalue weighted by atomic mass is 10.1. The van der Waals surface area contributed by atoms with E-state index in [0.29, 0.717) is 17.2 Å².